The molecule has 0 bridgehead atoms. The minimum atomic E-state index is 0.878. The molecule has 7 heavy (non-hydrogen) atoms. The highest BCUT2D eigenvalue weighted by Gasteiger charge is 1.98. The highest BCUT2D eigenvalue weighted by molar-refractivity contribution is 5.64. The van der Waals surface area contributed by atoms with Crippen LogP contribution in [0.1, 0.15) is 6.42 Å². The Morgan fingerprint density at radius 2 is 2.71 bits per heavy atom. The van der Waals surface area contributed by atoms with Crippen LogP contribution in [0.25, 0.3) is 0 Å². The number of hydrazone groups is 1. The van der Waals surface area contributed by atoms with Crippen LogP contribution >= 0.6 is 0 Å². The highest BCUT2D eigenvalue weighted by Crippen LogP contribution is 1.93. The Morgan fingerprint density at radius 1 is 1.86 bits per heavy atom. The Bertz CT molecular complexity index is 97.1. The second-order valence-electron chi connectivity index (χ2n) is 1.38. The van der Waals surface area contributed by atoms with Crippen molar-refractivity contribution in [2.75, 3.05) is 6.54 Å². The fourth-order valence-corrected chi connectivity index (χ4v) is 0.508. The van der Waals surface area contributed by atoms with Crippen LogP contribution in [0.15, 0.2) is 5.10 Å². The van der Waals surface area contributed by atoms with Crippen molar-refractivity contribution < 1.29 is 0 Å². The van der Waals surface area contributed by atoms with Crippen LogP contribution in [-0.4, -0.2) is 24.1 Å². The van der Waals surface area contributed by atoms with Gasteiger partial charge in [0.2, 0.25) is 0 Å². The van der Waals surface area contributed by atoms with E-state index in [0.29, 0.717) is 0 Å². The van der Waals surface area contributed by atoms with Crippen LogP contribution in [0.5, 0.6) is 0 Å². The first-order chi connectivity index (χ1) is 3.43. The zero-order valence-corrected chi connectivity index (χ0v) is 3.96. The molecule has 1 aliphatic heterocycles. The third-order valence-electron chi connectivity index (χ3n) is 0.866. The SMILES string of the molecule is N=CN1CCC=N1. The van der Waals surface area contributed by atoms with E-state index in [1.165, 1.54) is 6.34 Å². The Morgan fingerprint density at radius 3 is 3.00 bits per heavy atom. The van der Waals surface area contributed by atoms with E-state index >= 15 is 0 Å². The second-order valence-corrected chi connectivity index (χ2v) is 1.38. The standard InChI is InChI=1S/C4H7N3/c5-4-7-3-1-2-6-7/h2,4-5H,1,3H2. The third-order valence-corrected chi connectivity index (χ3v) is 0.866. The van der Waals surface area contributed by atoms with Gasteiger partial charge in [-0.3, -0.25) is 10.4 Å². The van der Waals surface area contributed by atoms with Crippen molar-refractivity contribution in [1.29, 1.82) is 5.41 Å². The van der Waals surface area contributed by atoms with Gasteiger partial charge >= 0.3 is 0 Å². The molecule has 0 radical (unpaired) electrons. The van der Waals surface area contributed by atoms with Crippen molar-refractivity contribution in [3.63, 3.8) is 0 Å². The molecule has 0 aliphatic carbocycles. The smallest absolute Gasteiger partial charge is 0.103 e. The van der Waals surface area contributed by atoms with Crippen molar-refractivity contribution in [1.82, 2.24) is 5.01 Å². The van der Waals surface area contributed by atoms with Gasteiger partial charge in [0.05, 0.1) is 0 Å². The van der Waals surface area contributed by atoms with Crippen LogP contribution in [0, 0.1) is 5.41 Å². The third kappa shape index (κ3) is 0.765. The van der Waals surface area contributed by atoms with E-state index in [9.17, 15) is 0 Å². The molecule has 1 N–H and O–H groups in total. The molecule has 0 unspecified atom stereocenters. The molecule has 0 aromatic heterocycles. The van der Waals surface area contributed by atoms with Crippen LogP contribution in [-0.2, 0) is 0 Å². The number of nitrogens with zero attached hydrogens (tertiary/aromatic N) is 2. The molecular weight excluding hydrogens is 90.1 g/mol. The summed E-state index contributed by atoms with van der Waals surface area (Å²) in [5.41, 5.74) is 0. The summed E-state index contributed by atoms with van der Waals surface area (Å²) in [5.74, 6) is 0. The van der Waals surface area contributed by atoms with Crippen molar-refractivity contribution >= 4 is 12.6 Å². The summed E-state index contributed by atoms with van der Waals surface area (Å²) < 4.78 is 0. The summed E-state index contributed by atoms with van der Waals surface area (Å²) in [7, 11) is 0. The normalized spacial score (nSPS) is 18.0. The highest BCUT2D eigenvalue weighted by atomic mass is 15.5. The predicted octanol–water partition coefficient (Wildman–Crippen LogP) is 0.285. The number of hydrogen-bond donors (Lipinski definition) is 1. The summed E-state index contributed by atoms with van der Waals surface area (Å²) in [5, 5.41) is 12.1. The van der Waals surface area contributed by atoms with E-state index in [2.05, 4.69) is 5.10 Å². The molecule has 0 amide bonds. The maximum Gasteiger partial charge on any atom is 0.103 e. The van der Waals surface area contributed by atoms with Gasteiger partial charge in [-0.2, -0.15) is 5.10 Å². The van der Waals surface area contributed by atoms with Crippen LogP contribution in [0.2, 0.25) is 0 Å². The first kappa shape index (κ1) is 4.30. The molecule has 1 heterocycles. The topological polar surface area (TPSA) is 39.5 Å². The molecule has 0 aromatic rings. The number of nitrogens with one attached hydrogen (secondary N) is 1. The van der Waals surface area contributed by atoms with E-state index < -0.39 is 0 Å². The Hall–Kier alpha value is -0.860. The zero-order valence-electron chi connectivity index (χ0n) is 3.96. The van der Waals surface area contributed by atoms with Crippen LogP contribution < -0.4 is 0 Å². The van der Waals surface area contributed by atoms with Crippen molar-refractivity contribution in [2.24, 2.45) is 5.10 Å². The molecule has 38 valence electrons. The number of hydrogen-bond acceptors (Lipinski definition) is 2. The molecular formula is C4H7N3. The zero-order chi connectivity index (χ0) is 5.11. The predicted molar refractivity (Wildman–Crippen MR) is 28.6 cm³/mol. The lowest BCUT2D eigenvalue weighted by Gasteiger charge is -2.00. The molecule has 0 aromatic carbocycles. The average Bonchev–Trinajstić information content (AvgIpc) is 2.14. The molecule has 0 fully saturated rings. The molecule has 1 aliphatic rings. The first-order valence-corrected chi connectivity index (χ1v) is 2.23. The maximum atomic E-state index is 6.69. The van der Waals surface area contributed by atoms with Gasteiger partial charge in [0.15, 0.2) is 0 Å². The lowest BCUT2D eigenvalue weighted by Crippen LogP contribution is -2.09. The van der Waals surface area contributed by atoms with Gasteiger partial charge in [0.25, 0.3) is 0 Å². The van der Waals surface area contributed by atoms with Gasteiger partial charge < -0.3 is 0 Å². The molecule has 0 saturated carbocycles. The molecule has 1 rings (SSSR count). The molecule has 0 saturated heterocycles. The van der Waals surface area contributed by atoms with Gasteiger partial charge in [-0.05, 0) is 0 Å². The fraction of sp³-hybridized carbons (Fsp3) is 0.500. The average molecular weight is 97.1 g/mol. The Labute approximate surface area is 42.1 Å². The molecule has 3 nitrogen and oxygen atoms in total. The van der Waals surface area contributed by atoms with Crippen molar-refractivity contribution in [2.45, 2.75) is 6.42 Å². The summed E-state index contributed by atoms with van der Waals surface area (Å²) in [4.78, 5) is 0. The molecule has 3 heteroatoms. The fourth-order valence-electron chi connectivity index (χ4n) is 0.508. The maximum absolute atomic E-state index is 6.69. The largest absolute Gasteiger partial charge is 0.290 e. The summed E-state index contributed by atoms with van der Waals surface area (Å²) in [6, 6.07) is 0. The van der Waals surface area contributed by atoms with Gasteiger partial charge in [-0.25, -0.2) is 0 Å². The van der Waals surface area contributed by atoms with E-state index in [0.717, 1.165) is 13.0 Å². The molecule has 0 atom stereocenters. The van der Waals surface area contributed by atoms with Gasteiger partial charge in [0.1, 0.15) is 6.34 Å². The lowest BCUT2D eigenvalue weighted by molar-refractivity contribution is 0.504. The van der Waals surface area contributed by atoms with Gasteiger partial charge in [0, 0.05) is 19.2 Å². The monoisotopic (exact) mass is 97.1 g/mol. The van der Waals surface area contributed by atoms with E-state index in [1.807, 2.05) is 6.21 Å². The second kappa shape index (κ2) is 1.73. The van der Waals surface area contributed by atoms with Gasteiger partial charge in [-0.1, -0.05) is 0 Å². The molecule has 0 spiro atoms. The number of rotatable bonds is 1. The van der Waals surface area contributed by atoms with Crippen LogP contribution in [0.4, 0.5) is 0 Å². The summed E-state index contributed by atoms with van der Waals surface area (Å²) >= 11 is 0. The Balaban J connectivity index is 2.42. The lowest BCUT2D eigenvalue weighted by atomic mass is 10.5. The van der Waals surface area contributed by atoms with Gasteiger partial charge in [-0.15, -0.1) is 0 Å². The minimum Gasteiger partial charge on any atom is -0.290 e. The minimum absolute atomic E-state index is 0.878. The summed E-state index contributed by atoms with van der Waals surface area (Å²) in [6.07, 6.45) is 4.02. The summed E-state index contributed by atoms with van der Waals surface area (Å²) in [6.45, 7) is 0.878. The van der Waals surface area contributed by atoms with Crippen molar-refractivity contribution in [3.05, 3.63) is 0 Å². The first-order valence-electron chi connectivity index (χ1n) is 2.23. The quantitative estimate of drug-likeness (QED) is 0.370. The van der Waals surface area contributed by atoms with E-state index in [-0.39, 0.29) is 0 Å². The van der Waals surface area contributed by atoms with Crippen molar-refractivity contribution in [3.8, 4) is 0 Å². The Kier molecular flexibility index (Phi) is 1.06. The van der Waals surface area contributed by atoms with Crippen LogP contribution in [0.3, 0.4) is 0 Å². The van der Waals surface area contributed by atoms with E-state index in [4.69, 9.17) is 5.41 Å². The van der Waals surface area contributed by atoms with E-state index in [1.54, 1.807) is 5.01 Å².